The number of hydrogen-bond acceptors (Lipinski definition) is 6. The van der Waals surface area contributed by atoms with Gasteiger partial charge in [-0.2, -0.15) is 10.1 Å². The van der Waals surface area contributed by atoms with Crippen LogP contribution in [0.5, 0.6) is 0 Å². The molecule has 1 saturated carbocycles. The highest BCUT2D eigenvalue weighted by atomic mass is 16.6. The fourth-order valence-corrected chi connectivity index (χ4v) is 4.46. The molecule has 134 valence electrons. The summed E-state index contributed by atoms with van der Waals surface area (Å²) < 4.78 is 13.3. The van der Waals surface area contributed by atoms with Gasteiger partial charge in [0.2, 0.25) is 0 Å². The van der Waals surface area contributed by atoms with Crippen molar-refractivity contribution in [1.29, 1.82) is 0 Å². The minimum atomic E-state index is -0.152. The summed E-state index contributed by atoms with van der Waals surface area (Å²) in [7, 11) is 0. The largest absolute Gasteiger partial charge is 0.461 e. The summed E-state index contributed by atoms with van der Waals surface area (Å²) in [6.45, 7) is 8.93. The molecule has 0 amide bonds. The summed E-state index contributed by atoms with van der Waals surface area (Å²) in [5.41, 5.74) is 2.80. The van der Waals surface area contributed by atoms with Crippen molar-refractivity contribution in [3.8, 4) is 0 Å². The predicted molar refractivity (Wildman–Crippen MR) is 90.1 cm³/mol. The van der Waals surface area contributed by atoms with Crippen molar-refractivity contribution in [2.75, 3.05) is 6.61 Å². The molecular formula is C18H24N4O3. The lowest BCUT2D eigenvalue weighted by molar-refractivity contribution is -0.210. The standard InChI is InChI=1S/C18H24N4O3/c1-10-12(11(2)22-17(21-10)19-9-20-22)5-6-14(23)25-16-13-7-8-24-15(13)18(16,3)4/h9,13,15-16H,5-8H2,1-4H3/t13-,15+,16+/m0/s1. The number of carbonyl (C=O) groups excluding carboxylic acids is 1. The number of aryl methyl sites for hydroxylation is 2. The number of esters is 1. The van der Waals surface area contributed by atoms with Crippen LogP contribution in [0.2, 0.25) is 0 Å². The van der Waals surface area contributed by atoms with Gasteiger partial charge in [0.05, 0.1) is 6.10 Å². The van der Waals surface area contributed by atoms with Crippen molar-refractivity contribution in [2.45, 2.75) is 59.2 Å². The van der Waals surface area contributed by atoms with Crippen LogP contribution in [0.4, 0.5) is 0 Å². The average Bonchev–Trinajstić information content (AvgIpc) is 3.20. The van der Waals surface area contributed by atoms with Crippen LogP contribution in [-0.4, -0.2) is 44.4 Å². The molecule has 7 nitrogen and oxygen atoms in total. The third kappa shape index (κ3) is 2.52. The molecule has 2 aromatic heterocycles. The number of nitrogens with zero attached hydrogens (tertiary/aromatic N) is 4. The highest BCUT2D eigenvalue weighted by Gasteiger charge is 2.61. The zero-order valence-electron chi connectivity index (χ0n) is 15.2. The Balaban J connectivity index is 1.43. The van der Waals surface area contributed by atoms with Crippen molar-refractivity contribution >= 4 is 11.7 Å². The van der Waals surface area contributed by atoms with Crippen molar-refractivity contribution in [3.05, 3.63) is 23.3 Å². The minimum Gasteiger partial charge on any atom is -0.461 e. The van der Waals surface area contributed by atoms with E-state index in [-0.39, 0.29) is 23.6 Å². The first-order valence-corrected chi connectivity index (χ1v) is 8.86. The Labute approximate surface area is 146 Å². The zero-order chi connectivity index (χ0) is 17.8. The summed E-state index contributed by atoms with van der Waals surface area (Å²) in [5.74, 6) is 0.793. The average molecular weight is 344 g/mol. The first-order chi connectivity index (χ1) is 11.9. The first kappa shape index (κ1) is 16.4. The van der Waals surface area contributed by atoms with Crippen LogP contribution in [0, 0.1) is 25.2 Å². The molecule has 0 unspecified atom stereocenters. The topological polar surface area (TPSA) is 78.6 Å². The van der Waals surface area contributed by atoms with Crippen molar-refractivity contribution in [1.82, 2.24) is 19.6 Å². The summed E-state index contributed by atoms with van der Waals surface area (Å²) >= 11 is 0. The fourth-order valence-electron chi connectivity index (χ4n) is 4.46. The van der Waals surface area contributed by atoms with Crippen LogP contribution in [0.15, 0.2) is 6.33 Å². The normalized spacial score (nSPS) is 27.1. The number of aromatic nitrogens is 4. The van der Waals surface area contributed by atoms with E-state index < -0.39 is 0 Å². The molecule has 2 aromatic rings. The van der Waals surface area contributed by atoms with Crippen LogP contribution in [0.3, 0.4) is 0 Å². The lowest BCUT2D eigenvalue weighted by Gasteiger charge is -2.53. The molecule has 2 aliphatic rings. The molecule has 0 aromatic carbocycles. The van der Waals surface area contributed by atoms with E-state index in [1.54, 1.807) is 4.52 Å². The molecule has 1 aliphatic heterocycles. The van der Waals surface area contributed by atoms with Crippen LogP contribution < -0.4 is 0 Å². The van der Waals surface area contributed by atoms with Gasteiger partial charge in [-0.1, -0.05) is 13.8 Å². The highest BCUT2D eigenvalue weighted by molar-refractivity contribution is 5.70. The molecule has 1 aliphatic carbocycles. The van der Waals surface area contributed by atoms with Gasteiger partial charge in [-0.3, -0.25) is 4.79 Å². The van der Waals surface area contributed by atoms with Crippen LogP contribution >= 0.6 is 0 Å². The second-order valence-electron chi connectivity index (χ2n) is 7.71. The van der Waals surface area contributed by atoms with Gasteiger partial charge >= 0.3 is 5.97 Å². The van der Waals surface area contributed by atoms with Crippen LogP contribution in [0.25, 0.3) is 5.78 Å². The van der Waals surface area contributed by atoms with Crippen LogP contribution in [-0.2, 0) is 20.7 Å². The maximum Gasteiger partial charge on any atom is 0.306 e. The number of fused-ring (bicyclic) bond motifs is 2. The number of ether oxygens (including phenoxy) is 2. The van der Waals surface area contributed by atoms with E-state index >= 15 is 0 Å². The first-order valence-electron chi connectivity index (χ1n) is 8.86. The van der Waals surface area contributed by atoms with E-state index in [2.05, 4.69) is 28.9 Å². The van der Waals surface area contributed by atoms with Gasteiger partial charge in [0.15, 0.2) is 0 Å². The smallest absolute Gasteiger partial charge is 0.306 e. The summed E-state index contributed by atoms with van der Waals surface area (Å²) in [5, 5.41) is 4.19. The maximum atomic E-state index is 12.4. The molecule has 0 spiro atoms. The van der Waals surface area contributed by atoms with E-state index in [0.29, 0.717) is 24.5 Å². The number of carbonyl (C=O) groups is 1. The third-order valence-electron chi connectivity index (χ3n) is 5.82. The van der Waals surface area contributed by atoms with Crippen molar-refractivity contribution in [2.24, 2.45) is 11.3 Å². The van der Waals surface area contributed by atoms with Crippen molar-refractivity contribution in [3.63, 3.8) is 0 Å². The number of rotatable bonds is 4. The third-order valence-corrected chi connectivity index (χ3v) is 5.82. The van der Waals surface area contributed by atoms with E-state index in [0.717, 1.165) is 30.0 Å². The molecule has 7 heteroatoms. The molecule has 25 heavy (non-hydrogen) atoms. The minimum absolute atomic E-state index is 0.0365. The zero-order valence-corrected chi connectivity index (χ0v) is 15.2. The molecule has 0 radical (unpaired) electrons. The number of hydrogen-bond donors (Lipinski definition) is 0. The Bertz CT molecular complexity index is 829. The predicted octanol–water partition coefficient (Wildman–Crippen LogP) is 2.03. The Morgan fingerprint density at radius 2 is 2.24 bits per heavy atom. The summed E-state index contributed by atoms with van der Waals surface area (Å²) in [6, 6.07) is 0. The lowest BCUT2D eigenvalue weighted by atomic mass is 9.59. The Kier molecular flexibility index (Phi) is 3.79. The summed E-state index contributed by atoms with van der Waals surface area (Å²) in [4.78, 5) is 21.0. The quantitative estimate of drug-likeness (QED) is 0.790. The monoisotopic (exact) mass is 344 g/mol. The Morgan fingerprint density at radius 1 is 1.44 bits per heavy atom. The van der Waals surface area contributed by atoms with Gasteiger partial charge in [-0.05, 0) is 32.3 Å². The van der Waals surface area contributed by atoms with E-state index in [9.17, 15) is 4.79 Å². The van der Waals surface area contributed by atoms with Gasteiger partial charge in [-0.15, -0.1) is 0 Å². The van der Waals surface area contributed by atoms with E-state index in [1.807, 2.05) is 13.8 Å². The Hall–Kier alpha value is -2.02. The maximum absolute atomic E-state index is 12.4. The fraction of sp³-hybridized carbons (Fsp3) is 0.667. The van der Waals surface area contributed by atoms with E-state index in [4.69, 9.17) is 9.47 Å². The van der Waals surface area contributed by atoms with Crippen molar-refractivity contribution < 1.29 is 14.3 Å². The molecule has 4 rings (SSSR count). The molecule has 1 saturated heterocycles. The van der Waals surface area contributed by atoms with Crippen LogP contribution in [0.1, 0.15) is 43.6 Å². The second-order valence-corrected chi connectivity index (χ2v) is 7.71. The molecule has 0 bridgehead atoms. The highest BCUT2D eigenvalue weighted by Crippen LogP contribution is 2.53. The molecular weight excluding hydrogens is 320 g/mol. The second kappa shape index (κ2) is 5.76. The van der Waals surface area contributed by atoms with Gasteiger partial charge in [-0.25, -0.2) is 9.50 Å². The molecule has 0 N–H and O–H groups in total. The SMILES string of the molecule is Cc1nc2ncnn2c(C)c1CCC(=O)O[C@@H]1[C@H]2CCO[C@H]2C1(C)C. The van der Waals surface area contributed by atoms with Gasteiger partial charge < -0.3 is 9.47 Å². The summed E-state index contributed by atoms with van der Waals surface area (Å²) in [6.07, 6.45) is 3.60. The van der Waals surface area contributed by atoms with Gasteiger partial charge in [0.25, 0.3) is 5.78 Å². The lowest BCUT2D eigenvalue weighted by Crippen LogP contribution is -2.61. The Morgan fingerprint density at radius 3 is 3.04 bits per heavy atom. The molecule has 3 heterocycles. The van der Waals surface area contributed by atoms with E-state index in [1.165, 1.54) is 6.33 Å². The van der Waals surface area contributed by atoms with Gasteiger partial charge in [0.1, 0.15) is 12.4 Å². The van der Waals surface area contributed by atoms with Gasteiger partial charge in [0, 0.05) is 35.7 Å². The molecule has 3 atom stereocenters. The molecule has 2 fully saturated rings.